The Morgan fingerprint density at radius 2 is 1.63 bits per heavy atom. The number of sulfonamides is 1. The molecule has 11 heteroatoms. The molecular weight excluding hydrogens is 408 g/mol. The van der Waals surface area contributed by atoms with E-state index in [1.54, 1.807) is 35.9 Å². The van der Waals surface area contributed by atoms with Crippen molar-refractivity contribution in [3.63, 3.8) is 0 Å². The van der Waals surface area contributed by atoms with Gasteiger partial charge in [-0.3, -0.25) is 9.56 Å². The zero-order chi connectivity index (χ0) is 19.6. The molecule has 27 heavy (non-hydrogen) atoms. The van der Waals surface area contributed by atoms with Crippen molar-refractivity contribution >= 4 is 36.4 Å². The van der Waals surface area contributed by atoms with Crippen LogP contribution in [-0.4, -0.2) is 25.2 Å². The zero-order valence-corrected chi connectivity index (χ0v) is 16.8. The molecule has 0 saturated carbocycles. The van der Waals surface area contributed by atoms with Crippen molar-refractivity contribution in [1.82, 2.24) is 4.57 Å². The molecule has 0 aliphatic heterocycles. The van der Waals surface area contributed by atoms with Crippen molar-refractivity contribution in [2.45, 2.75) is 11.8 Å². The lowest BCUT2D eigenvalue weighted by atomic mass is 10.2. The minimum Gasteiger partial charge on any atom is -0.595 e. The van der Waals surface area contributed by atoms with Crippen molar-refractivity contribution < 1.29 is 18.9 Å². The normalized spacial score (nSPS) is 14.5. The molecule has 0 radical (unpaired) electrons. The second-order valence-electron chi connectivity index (χ2n) is 5.52. The molecule has 3 aromatic rings. The van der Waals surface area contributed by atoms with Gasteiger partial charge in [0.05, 0.1) is 10.6 Å². The van der Waals surface area contributed by atoms with E-state index in [0.29, 0.717) is 10.5 Å². The van der Waals surface area contributed by atoms with Gasteiger partial charge in [0, 0.05) is 19.2 Å². The molecule has 1 unspecified atom stereocenters. The molecule has 1 aromatic heterocycles. The van der Waals surface area contributed by atoms with Crippen LogP contribution in [0.4, 0.5) is 5.69 Å². The molecule has 0 amide bonds. The van der Waals surface area contributed by atoms with Crippen LogP contribution in [0.2, 0.25) is 0 Å². The molecule has 0 fully saturated rings. The standard InChI is InChI=1S/C16H16N4O4S3/c1-11-3-9-14(10-4-11)27(23,24)18-16-19(15(17-2)25-26-16)12-5-7-13(8-6-12)20(21)22/h3-10,20-21H,1-2H3. The van der Waals surface area contributed by atoms with Crippen molar-refractivity contribution in [3.05, 3.63) is 68.9 Å². The number of aromatic nitrogens is 1. The maximum atomic E-state index is 12.7. The summed E-state index contributed by atoms with van der Waals surface area (Å²) in [4.78, 5) is 5.06. The van der Waals surface area contributed by atoms with Crippen molar-refractivity contribution in [2.75, 3.05) is 7.05 Å². The molecule has 1 heterocycles. The van der Waals surface area contributed by atoms with Crippen LogP contribution in [0.15, 0.2) is 62.8 Å². The first-order valence-corrected chi connectivity index (χ1v) is 11.3. The first-order valence-electron chi connectivity index (χ1n) is 7.68. The predicted molar refractivity (Wildman–Crippen MR) is 103 cm³/mol. The third-order valence-electron chi connectivity index (χ3n) is 3.65. The number of aryl methyl sites for hydroxylation is 1. The Balaban J connectivity index is 2.16. The average Bonchev–Trinajstić information content (AvgIpc) is 3.04. The molecule has 1 atom stereocenters. The topological polar surface area (TPSA) is 112 Å². The highest BCUT2D eigenvalue weighted by molar-refractivity contribution is 7.90. The number of nitrogens with zero attached hydrogens (tertiary/aromatic N) is 3. The van der Waals surface area contributed by atoms with Gasteiger partial charge in [0.2, 0.25) is 9.60 Å². The summed E-state index contributed by atoms with van der Waals surface area (Å²) in [6.07, 6.45) is 0. The molecule has 142 valence electrons. The average molecular weight is 425 g/mol. The second-order valence-corrected chi connectivity index (χ2v) is 9.19. The van der Waals surface area contributed by atoms with Crippen LogP contribution in [-0.2, 0) is 10.0 Å². The van der Waals surface area contributed by atoms with Gasteiger partial charge in [-0.05, 0) is 51.9 Å². The zero-order valence-electron chi connectivity index (χ0n) is 14.4. The minimum absolute atomic E-state index is 0.106. The molecule has 0 spiro atoms. The lowest BCUT2D eigenvalue weighted by Gasteiger charge is -2.11. The Labute approximate surface area is 162 Å². The lowest BCUT2D eigenvalue weighted by Crippen LogP contribution is -2.99. The van der Waals surface area contributed by atoms with Gasteiger partial charge in [-0.15, -0.1) is 4.40 Å². The summed E-state index contributed by atoms with van der Waals surface area (Å²) in [6.45, 7) is 1.87. The fourth-order valence-electron chi connectivity index (χ4n) is 2.26. The monoisotopic (exact) mass is 424 g/mol. The van der Waals surface area contributed by atoms with Crippen molar-refractivity contribution in [2.24, 2.45) is 9.39 Å². The lowest BCUT2D eigenvalue weighted by molar-refractivity contribution is -0.991. The Bertz CT molecular complexity index is 1170. The van der Waals surface area contributed by atoms with E-state index in [4.69, 9.17) is 5.21 Å². The van der Waals surface area contributed by atoms with Crippen LogP contribution in [0.5, 0.6) is 0 Å². The number of rotatable bonds is 4. The summed E-state index contributed by atoms with van der Waals surface area (Å²) in [6, 6.07) is 12.5. The quantitative estimate of drug-likeness (QED) is 0.483. The molecule has 8 nitrogen and oxygen atoms in total. The number of quaternary nitrogens is 1. The Kier molecular flexibility index (Phi) is 5.69. The minimum atomic E-state index is -3.89. The Hall–Kier alpha value is -2.15. The van der Waals surface area contributed by atoms with Crippen LogP contribution in [0.3, 0.4) is 0 Å². The fourth-order valence-corrected chi connectivity index (χ4v) is 5.76. The van der Waals surface area contributed by atoms with Gasteiger partial charge in [-0.25, -0.2) is 5.21 Å². The molecular formula is C16H16N4O4S3. The molecule has 3 rings (SSSR count). The smallest absolute Gasteiger partial charge is 0.285 e. The summed E-state index contributed by atoms with van der Waals surface area (Å²) in [7, 11) is 0.167. The van der Waals surface area contributed by atoms with E-state index in [9.17, 15) is 13.6 Å². The first-order chi connectivity index (χ1) is 12.8. The Morgan fingerprint density at radius 1 is 1.04 bits per heavy atom. The maximum absolute atomic E-state index is 12.7. The van der Waals surface area contributed by atoms with E-state index < -0.39 is 15.2 Å². The second kappa shape index (κ2) is 7.84. The number of hydrogen-bond acceptors (Lipinski definition) is 7. The first kappa shape index (κ1) is 19.6. The van der Waals surface area contributed by atoms with Crippen molar-refractivity contribution in [3.8, 4) is 5.69 Å². The van der Waals surface area contributed by atoms with Gasteiger partial charge in [0.15, 0.2) is 5.69 Å². The molecule has 2 aromatic carbocycles. The highest BCUT2D eigenvalue weighted by atomic mass is 32.9. The van der Waals surface area contributed by atoms with Gasteiger partial charge < -0.3 is 5.21 Å². The Morgan fingerprint density at radius 3 is 2.19 bits per heavy atom. The fraction of sp³-hybridized carbons (Fsp3) is 0.125. The number of nitrogens with one attached hydrogen (secondary N) is 1. The van der Waals surface area contributed by atoms with Crippen LogP contribution in [0.25, 0.3) is 5.69 Å². The van der Waals surface area contributed by atoms with Gasteiger partial charge in [-0.2, -0.15) is 13.6 Å². The molecule has 0 bridgehead atoms. The molecule has 0 aliphatic rings. The molecule has 0 aliphatic carbocycles. The SMILES string of the molecule is CN=c1ssc(=NS(=O)(=O)c2ccc(C)cc2)n1-c1ccc([NH+]([O-])O)cc1. The summed E-state index contributed by atoms with van der Waals surface area (Å²) < 4.78 is 30.9. The van der Waals surface area contributed by atoms with Crippen LogP contribution < -0.4 is 14.8 Å². The van der Waals surface area contributed by atoms with Gasteiger partial charge in [0.1, 0.15) is 0 Å². The summed E-state index contributed by atoms with van der Waals surface area (Å²) in [5.74, 6) is 0. The molecule has 0 saturated heterocycles. The maximum Gasteiger partial charge on any atom is 0.285 e. The summed E-state index contributed by atoms with van der Waals surface area (Å²) in [5, 5.41) is 19.0. The summed E-state index contributed by atoms with van der Waals surface area (Å²) >= 11 is 0. The van der Waals surface area contributed by atoms with E-state index in [1.807, 2.05) is 6.92 Å². The van der Waals surface area contributed by atoms with Gasteiger partial charge in [-0.1, -0.05) is 17.7 Å². The van der Waals surface area contributed by atoms with Gasteiger partial charge in [0.25, 0.3) is 10.0 Å². The van der Waals surface area contributed by atoms with Crippen LogP contribution in [0, 0.1) is 12.1 Å². The van der Waals surface area contributed by atoms with E-state index in [0.717, 1.165) is 5.56 Å². The van der Waals surface area contributed by atoms with Crippen LogP contribution >= 0.6 is 20.7 Å². The third-order valence-corrected chi connectivity index (χ3v) is 7.22. The highest BCUT2D eigenvalue weighted by Crippen LogP contribution is 2.14. The van der Waals surface area contributed by atoms with E-state index in [-0.39, 0.29) is 15.4 Å². The van der Waals surface area contributed by atoms with E-state index in [1.165, 1.54) is 44.9 Å². The van der Waals surface area contributed by atoms with Crippen LogP contribution in [0.1, 0.15) is 5.56 Å². The predicted octanol–water partition coefficient (Wildman–Crippen LogP) is 1.13. The summed E-state index contributed by atoms with van der Waals surface area (Å²) in [5.41, 5.74) is 1.67. The van der Waals surface area contributed by atoms with E-state index >= 15 is 0 Å². The van der Waals surface area contributed by atoms with Gasteiger partial charge >= 0.3 is 0 Å². The molecule has 2 N–H and O–H groups in total. The largest absolute Gasteiger partial charge is 0.595 e. The number of benzene rings is 2. The third kappa shape index (κ3) is 4.24. The van der Waals surface area contributed by atoms with E-state index in [2.05, 4.69) is 9.39 Å². The van der Waals surface area contributed by atoms with Crippen molar-refractivity contribution in [1.29, 1.82) is 0 Å². The highest BCUT2D eigenvalue weighted by Gasteiger charge is 2.14. The number of hydrogen-bond donors (Lipinski definition) is 2.